The van der Waals surface area contributed by atoms with Crippen LogP contribution in [0.3, 0.4) is 0 Å². The number of carboxylic acid groups (broad SMARTS) is 1. The molecule has 0 aromatic carbocycles. The Balaban J connectivity index is 1.74. The number of thiophene rings is 1. The van der Waals surface area contributed by atoms with Crippen molar-refractivity contribution in [2.45, 2.75) is 32.1 Å². The molecule has 1 aliphatic carbocycles. The van der Waals surface area contributed by atoms with E-state index in [4.69, 9.17) is 16.7 Å². The van der Waals surface area contributed by atoms with E-state index in [0.29, 0.717) is 19.4 Å². The van der Waals surface area contributed by atoms with Gasteiger partial charge < -0.3 is 10.4 Å². The Kier molecular flexibility index (Phi) is 4.47. The summed E-state index contributed by atoms with van der Waals surface area (Å²) in [6.45, 7) is 0.519. The van der Waals surface area contributed by atoms with Crippen molar-refractivity contribution in [3.05, 3.63) is 21.3 Å². The van der Waals surface area contributed by atoms with E-state index in [1.807, 2.05) is 12.1 Å². The molecule has 1 aromatic heterocycles. The van der Waals surface area contributed by atoms with Crippen LogP contribution >= 0.6 is 22.9 Å². The minimum absolute atomic E-state index is 0.0908. The van der Waals surface area contributed by atoms with E-state index in [1.165, 1.54) is 11.3 Å². The molecule has 19 heavy (non-hydrogen) atoms. The zero-order chi connectivity index (χ0) is 13.9. The monoisotopic (exact) mass is 301 g/mol. The molecule has 0 bridgehead atoms. The lowest BCUT2D eigenvalue weighted by Crippen LogP contribution is -2.42. The molecule has 0 unspecified atom stereocenters. The molecule has 104 valence electrons. The normalized spacial score (nSPS) is 16.7. The molecule has 0 aliphatic heterocycles. The number of hydrogen-bond donors (Lipinski definition) is 2. The van der Waals surface area contributed by atoms with Crippen LogP contribution in [-0.4, -0.2) is 23.5 Å². The topological polar surface area (TPSA) is 66.4 Å². The van der Waals surface area contributed by atoms with Crippen molar-refractivity contribution in [3.63, 3.8) is 0 Å². The van der Waals surface area contributed by atoms with Crippen LogP contribution in [0, 0.1) is 5.41 Å². The van der Waals surface area contributed by atoms with E-state index in [9.17, 15) is 9.59 Å². The Morgan fingerprint density at radius 3 is 2.63 bits per heavy atom. The van der Waals surface area contributed by atoms with E-state index in [-0.39, 0.29) is 12.3 Å². The van der Waals surface area contributed by atoms with Gasteiger partial charge >= 0.3 is 5.97 Å². The van der Waals surface area contributed by atoms with Crippen LogP contribution < -0.4 is 5.32 Å². The van der Waals surface area contributed by atoms with Gasteiger partial charge in [0.05, 0.1) is 9.75 Å². The first-order valence-corrected chi connectivity index (χ1v) is 7.46. The molecule has 0 saturated heterocycles. The minimum Gasteiger partial charge on any atom is -0.481 e. The van der Waals surface area contributed by atoms with E-state index in [1.54, 1.807) is 0 Å². The van der Waals surface area contributed by atoms with Gasteiger partial charge in [0.15, 0.2) is 0 Å². The summed E-state index contributed by atoms with van der Waals surface area (Å²) in [5.41, 5.74) is -0.809. The van der Waals surface area contributed by atoms with Crippen molar-refractivity contribution in [1.29, 1.82) is 0 Å². The van der Waals surface area contributed by atoms with Crippen molar-refractivity contribution in [2.24, 2.45) is 5.41 Å². The second-order valence-corrected chi connectivity index (χ2v) is 6.72. The van der Waals surface area contributed by atoms with Gasteiger partial charge in [-0.05, 0) is 31.4 Å². The zero-order valence-corrected chi connectivity index (χ0v) is 12.0. The van der Waals surface area contributed by atoms with Crippen LogP contribution in [0.4, 0.5) is 0 Å². The van der Waals surface area contributed by atoms with Crippen LogP contribution in [0.2, 0.25) is 4.34 Å². The first kappa shape index (κ1) is 14.3. The molecular weight excluding hydrogens is 286 g/mol. The molecule has 0 radical (unpaired) electrons. The summed E-state index contributed by atoms with van der Waals surface area (Å²) in [5.74, 6) is -1.02. The quantitative estimate of drug-likeness (QED) is 0.849. The maximum Gasteiger partial charge on any atom is 0.310 e. The van der Waals surface area contributed by atoms with Crippen molar-refractivity contribution < 1.29 is 14.7 Å². The van der Waals surface area contributed by atoms with Gasteiger partial charge in [0, 0.05) is 17.8 Å². The van der Waals surface area contributed by atoms with Gasteiger partial charge in [-0.3, -0.25) is 9.59 Å². The summed E-state index contributed by atoms with van der Waals surface area (Å²) in [6.07, 6.45) is 2.93. The van der Waals surface area contributed by atoms with Gasteiger partial charge in [0.1, 0.15) is 0 Å². The average molecular weight is 302 g/mol. The number of carboxylic acids is 1. The SMILES string of the molecule is O=C(CC1(C(=O)O)CCC1)NCCc1ccc(Cl)s1. The number of carbonyl (C=O) groups excluding carboxylic acids is 1. The molecule has 6 heteroatoms. The lowest BCUT2D eigenvalue weighted by atomic mass is 9.66. The third-order valence-electron chi connectivity index (χ3n) is 3.59. The summed E-state index contributed by atoms with van der Waals surface area (Å²) < 4.78 is 0.737. The van der Waals surface area contributed by atoms with Crippen LogP contribution in [-0.2, 0) is 16.0 Å². The predicted molar refractivity (Wildman–Crippen MR) is 74.6 cm³/mol. The van der Waals surface area contributed by atoms with Crippen LogP contribution in [0.1, 0.15) is 30.6 Å². The number of rotatable bonds is 6. The summed E-state index contributed by atoms with van der Waals surface area (Å²) in [4.78, 5) is 24.0. The number of carbonyl (C=O) groups is 2. The first-order valence-electron chi connectivity index (χ1n) is 6.26. The third kappa shape index (κ3) is 3.48. The van der Waals surface area contributed by atoms with Gasteiger partial charge in [0.2, 0.25) is 5.91 Å². The van der Waals surface area contributed by atoms with Crippen molar-refractivity contribution in [1.82, 2.24) is 5.32 Å². The molecule has 2 N–H and O–H groups in total. The summed E-state index contributed by atoms with van der Waals surface area (Å²) in [6, 6.07) is 3.76. The van der Waals surface area contributed by atoms with Crippen molar-refractivity contribution >= 4 is 34.8 Å². The maximum atomic E-state index is 11.8. The molecule has 0 spiro atoms. The molecule has 0 atom stereocenters. The fraction of sp³-hybridized carbons (Fsp3) is 0.538. The summed E-state index contributed by atoms with van der Waals surface area (Å²) in [5, 5.41) is 11.9. The van der Waals surface area contributed by atoms with Crippen LogP contribution in [0.25, 0.3) is 0 Å². The fourth-order valence-corrected chi connectivity index (χ4v) is 3.34. The van der Waals surface area contributed by atoms with Crippen molar-refractivity contribution in [3.8, 4) is 0 Å². The highest BCUT2D eigenvalue weighted by Crippen LogP contribution is 2.44. The smallest absolute Gasteiger partial charge is 0.310 e. The van der Waals surface area contributed by atoms with E-state index >= 15 is 0 Å². The van der Waals surface area contributed by atoms with E-state index in [0.717, 1.165) is 22.1 Å². The molecule has 4 nitrogen and oxygen atoms in total. The number of aliphatic carboxylic acids is 1. The van der Waals surface area contributed by atoms with Gasteiger partial charge in [-0.2, -0.15) is 0 Å². The Morgan fingerprint density at radius 2 is 2.16 bits per heavy atom. The van der Waals surface area contributed by atoms with Crippen LogP contribution in [0.5, 0.6) is 0 Å². The second kappa shape index (κ2) is 5.92. The number of halogens is 1. The fourth-order valence-electron chi connectivity index (χ4n) is 2.25. The molecule has 1 aromatic rings. The molecule has 1 heterocycles. The minimum atomic E-state index is -0.848. The third-order valence-corrected chi connectivity index (χ3v) is 4.88. The van der Waals surface area contributed by atoms with Gasteiger partial charge in [-0.1, -0.05) is 18.0 Å². The molecule has 2 rings (SSSR count). The summed E-state index contributed by atoms with van der Waals surface area (Å²) >= 11 is 7.31. The largest absolute Gasteiger partial charge is 0.481 e. The average Bonchev–Trinajstić information content (AvgIpc) is 2.69. The number of amides is 1. The van der Waals surface area contributed by atoms with Gasteiger partial charge in [-0.15, -0.1) is 11.3 Å². The highest BCUT2D eigenvalue weighted by Gasteiger charge is 2.45. The first-order chi connectivity index (χ1) is 9.02. The second-order valence-electron chi connectivity index (χ2n) is 4.92. The summed E-state index contributed by atoms with van der Waals surface area (Å²) in [7, 11) is 0. The van der Waals surface area contributed by atoms with Gasteiger partial charge in [-0.25, -0.2) is 0 Å². The highest BCUT2D eigenvalue weighted by atomic mass is 35.5. The van der Waals surface area contributed by atoms with E-state index in [2.05, 4.69) is 5.32 Å². The molecule has 1 amide bonds. The molecular formula is C13H16ClNO3S. The lowest BCUT2D eigenvalue weighted by molar-refractivity contribution is -0.157. The predicted octanol–water partition coefficient (Wildman–Crippen LogP) is 2.71. The maximum absolute atomic E-state index is 11.8. The highest BCUT2D eigenvalue weighted by molar-refractivity contribution is 7.16. The Morgan fingerprint density at radius 1 is 1.42 bits per heavy atom. The standard InChI is InChI=1S/C13H16ClNO3S/c14-10-3-2-9(19-10)4-7-15-11(16)8-13(12(17)18)5-1-6-13/h2-3H,1,4-8H2,(H,15,16)(H,17,18). The Bertz CT molecular complexity index is 482. The molecule has 1 saturated carbocycles. The molecule has 1 aliphatic rings. The van der Waals surface area contributed by atoms with Gasteiger partial charge in [0.25, 0.3) is 0 Å². The Labute approximate surface area is 120 Å². The zero-order valence-electron chi connectivity index (χ0n) is 10.4. The number of nitrogens with one attached hydrogen (secondary N) is 1. The lowest BCUT2D eigenvalue weighted by Gasteiger charge is -2.36. The Hall–Kier alpha value is -1.07. The van der Waals surface area contributed by atoms with Crippen molar-refractivity contribution in [2.75, 3.05) is 6.54 Å². The molecule has 1 fully saturated rings. The number of hydrogen-bond acceptors (Lipinski definition) is 3. The van der Waals surface area contributed by atoms with E-state index < -0.39 is 11.4 Å². The van der Waals surface area contributed by atoms with Crippen LogP contribution in [0.15, 0.2) is 12.1 Å².